The van der Waals surface area contributed by atoms with E-state index < -0.39 is 5.97 Å². The largest absolute Gasteiger partial charge is 0.469 e. The monoisotopic (exact) mass is 270 g/mol. The molecule has 5 heteroatoms. The van der Waals surface area contributed by atoms with Crippen molar-refractivity contribution in [3.05, 3.63) is 34.9 Å². The predicted octanol–water partition coefficient (Wildman–Crippen LogP) is 2.32. The summed E-state index contributed by atoms with van der Waals surface area (Å²) in [6.07, 6.45) is 0.741. The van der Waals surface area contributed by atoms with Crippen molar-refractivity contribution in [3.63, 3.8) is 0 Å². The van der Waals surface area contributed by atoms with Crippen LogP contribution in [-0.4, -0.2) is 26.2 Å². The molecule has 0 aliphatic carbocycles. The highest BCUT2D eigenvalue weighted by molar-refractivity contribution is 6.17. The minimum absolute atomic E-state index is 0.196. The normalized spacial score (nSPS) is 9.94. The van der Waals surface area contributed by atoms with Gasteiger partial charge in [0.2, 0.25) is 0 Å². The minimum Gasteiger partial charge on any atom is -0.469 e. The first-order valence-corrected chi connectivity index (χ1v) is 5.99. The average Bonchev–Trinajstić information content (AvgIpc) is 2.43. The second-order valence-corrected chi connectivity index (χ2v) is 3.91. The molecule has 0 spiro atoms. The number of hydrogen-bond donors (Lipinski definition) is 0. The molecule has 4 nitrogen and oxygen atoms in total. The van der Waals surface area contributed by atoms with Gasteiger partial charge < -0.3 is 9.47 Å². The Hall–Kier alpha value is -1.55. The van der Waals surface area contributed by atoms with Crippen molar-refractivity contribution in [3.8, 4) is 0 Å². The third-order valence-corrected chi connectivity index (χ3v) is 2.91. The maximum atomic E-state index is 11.6. The van der Waals surface area contributed by atoms with E-state index in [4.69, 9.17) is 16.3 Å². The molecule has 1 aromatic rings. The van der Waals surface area contributed by atoms with Crippen molar-refractivity contribution >= 4 is 23.5 Å². The number of ether oxygens (including phenoxy) is 2. The van der Waals surface area contributed by atoms with Crippen molar-refractivity contribution in [2.24, 2.45) is 0 Å². The molecule has 0 N–H and O–H groups in total. The molecule has 0 aromatic heterocycles. The molecule has 0 saturated carbocycles. The Morgan fingerprint density at radius 1 is 1.22 bits per heavy atom. The first-order valence-electron chi connectivity index (χ1n) is 5.45. The molecule has 1 rings (SSSR count). The first-order chi connectivity index (χ1) is 8.63. The molecule has 0 unspecified atom stereocenters. The SMILES string of the molecule is COC(=O)CCc1cccc(C(=O)OC)c1CCl. The molecule has 18 heavy (non-hydrogen) atoms. The van der Waals surface area contributed by atoms with Crippen LogP contribution >= 0.6 is 11.6 Å². The average molecular weight is 271 g/mol. The van der Waals surface area contributed by atoms with Gasteiger partial charge in [0.15, 0.2) is 0 Å². The Bertz CT molecular complexity index is 443. The standard InChI is InChI=1S/C13H15ClO4/c1-17-12(15)7-6-9-4-3-5-10(11(9)8-14)13(16)18-2/h3-5H,6-8H2,1-2H3. The number of rotatable bonds is 5. The van der Waals surface area contributed by atoms with Crippen LogP contribution in [0.3, 0.4) is 0 Å². The molecular weight excluding hydrogens is 256 g/mol. The second-order valence-electron chi connectivity index (χ2n) is 3.64. The topological polar surface area (TPSA) is 52.6 Å². The number of aryl methyl sites for hydroxylation is 1. The molecule has 0 bridgehead atoms. The number of halogens is 1. The Morgan fingerprint density at radius 3 is 2.50 bits per heavy atom. The fourth-order valence-corrected chi connectivity index (χ4v) is 1.98. The molecule has 0 aliphatic rings. The minimum atomic E-state index is -0.425. The van der Waals surface area contributed by atoms with Gasteiger partial charge in [-0.25, -0.2) is 4.79 Å². The van der Waals surface area contributed by atoms with Crippen LogP contribution in [0.25, 0.3) is 0 Å². The van der Waals surface area contributed by atoms with Crippen molar-refractivity contribution in [1.29, 1.82) is 0 Å². The van der Waals surface area contributed by atoms with Gasteiger partial charge in [-0.1, -0.05) is 12.1 Å². The maximum Gasteiger partial charge on any atom is 0.338 e. The fraction of sp³-hybridized carbons (Fsp3) is 0.385. The van der Waals surface area contributed by atoms with Crippen LogP contribution in [0.2, 0.25) is 0 Å². The highest BCUT2D eigenvalue weighted by Crippen LogP contribution is 2.20. The number of carbonyl (C=O) groups is 2. The third-order valence-electron chi connectivity index (χ3n) is 2.64. The van der Waals surface area contributed by atoms with E-state index in [1.165, 1.54) is 14.2 Å². The van der Waals surface area contributed by atoms with Gasteiger partial charge in [0.1, 0.15) is 0 Å². The van der Waals surface area contributed by atoms with Crippen LogP contribution < -0.4 is 0 Å². The summed E-state index contributed by atoms with van der Waals surface area (Å²) in [5.74, 6) is -0.522. The fourth-order valence-electron chi connectivity index (χ4n) is 1.67. The van der Waals surface area contributed by atoms with Crippen LogP contribution in [-0.2, 0) is 26.6 Å². The zero-order valence-corrected chi connectivity index (χ0v) is 11.1. The van der Waals surface area contributed by atoms with E-state index in [2.05, 4.69) is 4.74 Å². The van der Waals surface area contributed by atoms with E-state index >= 15 is 0 Å². The molecule has 1 aromatic carbocycles. The van der Waals surface area contributed by atoms with E-state index in [1.807, 2.05) is 6.07 Å². The summed E-state index contributed by atoms with van der Waals surface area (Å²) < 4.78 is 9.27. The summed E-state index contributed by atoms with van der Waals surface area (Å²) >= 11 is 5.86. The van der Waals surface area contributed by atoms with Crippen molar-refractivity contribution in [2.75, 3.05) is 14.2 Å². The molecule has 0 heterocycles. The lowest BCUT2D eigenvalue weighted by molar-refractivity contribution is -0.140. The lowest BCUT2D eigenvalue weighted by atomic mass is 9.99. The summed E-state index contributed by atoms with van der Waals surface area (Å²) in [5, 5.41) is 0. The quantitative estimate of drug-likeness (QED) is 0.609. The molecule has 98 valence electrons. The number of alkyl halides is 1. The molecule has 0 atom stereocenters. The lowest BCUT2D eigenvalue weighted by Gasteiger charge is -2.10. The zero-order valence-electron chi connectivity index (χ0n) is 10.4. The summed E-state index contributed by atoms with van der Waals surface area (Å²) in [6, 6.07) is 5.24. The highest BCUT2D eigenvalue weighted by Gasteiger charge is 2.15. The Labute approximate surface area is 111 Å². The summed E-state index contributed by atoms with van der Waals surface area (Å²) in [7, 11) is 2.66. The van der Waals surface area contributed by atoms with E-state index in [-0.39, 0.29) is 18.3 Å². The van der Waals surface area contributed by atoms with Gasteiger partial charge in [-0.3, -0.25) is 4.79 Å². The Kier molecular flexibility index (Phi) is 5.65. The molecule has 0 radical (unpaired) electrons. The molecular formula is C13H15ClO4. The summed E-state index contributed by atoms with van der Waals surface area (Å²) in [4.78, 5) is 22.7. The summed E-state index contributed by atoms with van der Waals surface area (Å²) in [5.41, 5.74) is 2.00. The Morgan fingerprint density at radius 2 is 1.94 bits per heavy atom. The van der Waals surface area contributed by atoms with Crippen LogP contribution in [0.15, 0.2) is 18.2 Å². The smallest absolute Gasteiger partial charge is 0.338 e. The molecule has 0 saturated heterocycles. The number of hydrogen-bond acceptors (Lipinski definition) is 4. The maximum absolute atomic E-state index is 11.6. The van der Waals surface area contributed by atoms with Crippen LogP contribution in [0.1, 0.15) is 27.9 Å². The Balaban J connectivity index is 2.97. The first kappa shape index (κ1) is 14.5. The van der Waals surface area contributed by atoms with E-state index in [0.29, 0.717) is 17.5 Å². The zero-order chi connectivity index (χ0) is 13.5. The second kappa shape index (κ2) is 7.01. The van der Waals surface area contributed by atoms with E-state index in [0.717, 1.165) is 5.56 Å². The number of carbonyl (C=O) groups excluding carboxylic acids is 2. The van der Waals surface area contributed by atoms with E-state index in [9.17, 15) is 9.59 Å². The van der Waals surface area contributed by atoms with Gasteiger partial charge in [-0.05, 0) is 23.6 Å². The van der Waals surface area contributed by atoms with Gasteiger partial charge >= 0.3 is 11.9 Å². The molecule has 0 amide bonds. The third kappa shape index (κ3) is 3.47. The number of esters is 2. The van der Waals surface area contributed by atoms with Gasteiger partial charge in [0.05, 0.1) is 19.8 Å². The molecule has 0 fully saturated rings. The van der Waals surface area contributed by atoms with E-state index in [1.54, 1.807) is 12.1 Å². The van der Waals surface area contributed by atoms with Gasteiger partial charge in [-0.15, -0.1) is 11.6 Å². The predicted molar refractivity (Wildman–Crippen MR) is 67.7 cm³/mol. The molecule has 0 aliphatic heterocycles. The van der Waals surface area contributed by atoms with Crippen LogP contribution in [0, 0.1) is 0 Å². The van der Waals surface area contributed by atoms with Crippen LogP contribution in [0.4, 0.5) is 0 Å². The summed E-state index contributed by atoms with van der Waals surface area (Å²) in [6.45, 7) is 0. The van der Waals surface area contributed by atoms with Crippen molar-refractivity contribution in [2.45, 2.75) is 18.7 Å². The van der Waals surface area contributed by atoms with Crippen LogP contribution in [0.5, 0.6) is 0 Å². The highest BCUT2D eigenvalue weighted by atomic mass is 35.5. The van der Waals surface area contributed by atoms with Gasteiger partial charge in [0.25, 0.3) is 0 Å². The lowest BCUT2D eigenvalue weighted by Crippen LogP contribution is -2.09. The van der Waals surface area contributed by atoms with Gasteiger partial charge in [-0.2, -0.15) is 0 Å². The number of methoxy groups -OCH3 is 2. The van der Waals surface area contributed by atoms with Crippen molar-refractivity contribution < 1.29 is 19.1 Å². The van der Waals surface area contributed by atoms with Crippen molar-refractivity contribution in [1.82, 2.24) is 0 Å². The number of benzene rings is 1. The van der Waals surface area contributed by atoms with Gasteiger partial charge in [0, 0.05) is 12.3 Å².